The van der Waals surface area contributed by atoms with E-state index in [1.165, 1.54) is 28.6 Å². The molecule has 2 nitrogen and oxygen atoms in total. The maximum atomic E-state index is 5.59. The molecule has 96 valence electrons. The molecule has 0 atom stereocenters. The molecule has 0 bridgehead atoms. The van der Waals surface area contributed by atoms with Crippen molar-refractivity contribution in [3.8, 4) is 0 Å². The average molecular weight is 299 g/mol. The lowest BCUT2D eigenvalue weighted by Gasteiger charge is -2.24. The molecule has 0 saturated carbocycles. The van der Waals surface area contributed by atoms with Crippen molar-refractivity contribution in [2.24, 2.45) is 5.73 Å². The fraction of sp³-hybridized carbons (Fsp3) is 0.571. The van der Waals surface area contributed by atoms with E-state index in [9.17, 15) is 0 Å². The van der Waals surface area contributed by atoms with Crippen LogP contribution in [-0.2, 0) is 6.42 Å². The molecule has 0 aromatic heterocycles. The van der Waals surface area contributed by atoms with Crippen LogP contribution < -0.4 is 10.6 Å². The van der Waals surface area contributed by atoms with Crippen molar-refractivity contribution in [1.82, 2.24) is 0 Å². The Bertz CT molecular complexity index is 333. The number of nitrogens with two attached hydrogens (primary N) is 1. The van der Waals surface area contributed by atoms with Crippen LogP contribution in [0.5, 0.6) is 0 Å². The Labute approximate surface area is 113 Å². The summed E-state index contributed by atoms with van der Waals surface area (Å²) in [6, 6.07) is 6.61. The molecule has 0 aliphatic rings. The van der Waals surface area contributed by atoms with Gasteiger partial charge in [0.2, 0.25) is 0 Å². The smallest absolute Gasteiger partial charge is 0.0377 e. The summed E-state index contributed by atoms with van der Waals surface area (Å²) in [6.45, 7) is 7.39. The summed E-state index contributed by atoms with van der Waals surface area (Å²) in [5.41, 5.74) is 8.19. The summed E-state index contributed by atoms with van der Waals surface area (Å²) in [5, 5.41) is 0. The van der Waals surface area contributed by atoms with Gasteiger partial charge in [0, 0.05) is 23.2 Å². The maximum Gasteiger partial charge on any atom is 0.0377 e. The minimum Gasteiger partial charge on any atom is -0.372 e. The first-order valence-corrected chi connectivity index (χ1v) is 7.25. The van der Waals surface area contributed by atoms with Crippen LogP contribution in [0.1, 0.15) is 32.3 Å². The van der Waals surface area contributed by atoms with Crippen LogP contribution in [0.3, 0.4) is 0 Å². The predicted molar refractivity (Wildman–Crippen MR) is 79.7 cm³/mol. The minimum atomic E-state index is 0.700. The fourth-order valence-corrected chi connectivity index (χ4v) is 2.57. The van der Waals surface area contributed by atoms with Crippen molar-refractivity contribution >= 4 is 21.6 Å². The highest BCUT2D eigenvalue weighted by Gasteiger charge is 2.07. The summed E-state index contributed by atoms with van der Waals surface area (Å²) in [5.74, 6) is 0. The van der Waals surface area contributed by atoms with E-state index in [0.717, 1.165) is 19.5 Å². The number of nitrogens with zero attached hydrogens (tertiary/aromatic N) is 1. The molecule has 1 rings (SSSR count). The molecule has 1 aromatic carbocycles. The second-order valence-corrected chi connectivity index (χ2v) is 5.16. The van der Waals surface area contributed by atoms with Gasteiger partial charge in [-0.1, -0.05) is 35.8 Å². The first-order chi connectivity index (χ1) is 8.22. The number of benzene rings is 1. The molecule has 0 amide bonds. The zero-order chi connectivity index (χ0) is 12.7. The van der Waals surface area contributed by atoms with Crippen molar-refractivity contribution < 1.29 is 0 Å². The largest absolute Gasteiger partial charge is 0.372 e. The highest BCUT2D eigenvalue weighted by molar-refractivity contribution is 9.10. The first-order valence-electron chi connectivity index (χ1n) is 6.46. The molecule has 1 aromatic rings. The predicted octanol–water partition coefficient (Wildman–Crippen LogP) is 3.58. The van der Waals surface area contributed by atoms with Gasteiger partial charge in [-0.2, -0.15) is 0 Å². The second kappa shape index (κ2) is 7.72. The van der Waals surface area contributed by atoms with Gasteiger partial charge in [-0.3, -0.25) is 0 Å². The number of anilines is 1. The van der Waals surface area contributed by atoms with Crippen molar-refractivity contribution in [2.45, 2.75) is 33.1 Å². The Balaban J connectivity index is 2.85. The molecular formula is C14H23BrN2. The van der Waals surface area contributed by atoms with Crippen molar-refractivity contribution in [3.63, 3.8) is 0 Å². The summed E-state index contributed by atoms with van der Waals surface area (Å²) in [7, 11) is 0. The van der Waals surface area contributed by atoms with Crippen molar-refractivity contribution in [3.05, 3.63) is 28.2 Å². The van der Waals surface area contributed by atoms with E-state index in [2.05, 4.69) is 52.9 Å². The summed E-state index contributed by atoms with van der Waals surface area (Å²) in [4.78, 5) is 2.44. The quantitative estimate of drug-likeness (QED) is 0.834. The number of halogens is 1. The normalized spacial score (nSPS) is 10.6. The molecule has 0 aliphatic carbocycles. The number of hydrogen-bond acceptors (Lipinski definition) is 2. The number of hydrogen-bond donors (Lipinski definition) is 1. The molecule has 0 radical (unpaired) electrons. The molecule has 0 saturated heterocycles. The van der Waals surface area contributed by atoms with E-state index in [-0.39, 0.29) is 0 Å². The van der Waals surface area contributed by atoms with Gasteiger partial charge >= 0.3 is 0 Å². The maximum absolute atomic E-state index is 5.59. The van der Waals surface area contributed by atoms with Gasteiger partial charge in [0.15, 0.2) is 0 Å². The molecule has 2 N–H and O–H groups in total. The fourth-order valence-electron chi connectivity index (χ4n) is 2.00. The molecule has 0 spiro atoms. The molecule has 0 heterocycles. The lowest BCUT2D eigenvalue weighted by atomic mass is 10.1. The Hall–Kier alpha value is -0.540. The van der Waals surface area contributed by atoms with Gasteiger partial charge in [0.05, 0.1) is 0 Å². The van der Waals surface area contributed by atoms with Gasteiger partial charge in [-0.05, 0) is 43.5 Å². The van der Waals surface area contributed by atoms with E-state index >= 15 is 0 Å². The molecule has 0 aliphatic heterocycles. The lowest BCUT2D eigenvalue weighted by molar-refractivity contribution is 0.744. The zero-order valence-corrected chi connectivity index (χ0v) is 12.5. The Morgan fingerprint density at radius 1 is 1.18 bits per heavy atom. The monoisotopic (exact) mass is 298 g/mol. The molecule has 0 unspecified atom stereocenters. The van der Waals surface area contributed by atoms with Crippen LogP contribution >= 0.6 is 15.9 Å². The molecular weight excluding hydrogens is 276 g/mol. The lowest BCUT2D eigenvalue weighted by Crippen LogP contribution is -2.24. The van der Waals surface area contributed by atoms with Crippen LogP contribution in [0.4, 0.5) is 5.69 Å². The van der Waals surface area contributed by atoms with Crippen LogP contribution in [-0.4, -0.2) is 19.6 Å². The van der Waals surface area contributed by atoms with E-state index in [0.29, 0.717) is 6.54 Å². The third kappa shape index (κ3) is 4.32. The van der Waals surface area contributed by atoms with Crippen LogP contribution in [0.25, 0.3) is 0 Å². The Morgan fingerprint density at radius 2 is 1.82 bits per heavy atom. The highest BCUT2D eigenvalue weighted by atomic mass is 79.9. The third-order valence-corrected chi connectivity index (χ3v) is 3.54. The summed E-state index contributed by atoms with van der Waals surface area (Å²) < 4.78 is 1.18. The van der Waals surface area contributed by atoms with Crippen LogP contribution in [0.15, 0.2) is 22.7 Å². The van der Waals surface area contributed by atoms with E-state index < -0.39 is 0 Å². The topological polar surface area (TPSA) is 29.3 Å². The third-order valence-electron chi connectivity index (χ3n) is 2.80. The van der Waals surface area contributed by atoms with Crippen LogP contribution in [0.2, 0.25) is 0 Å². The van der Waals surface area contributed by atoms with Gasteiger partial charge < -0.3 is 10.6 Å². The average Bonchev–Trinajstić information content (AvgIpc) is 2.32. The van der Waals surface area contributed by atoms with Crippen molar-refractivity contribution in [1.29, 1.82) is 0 Å². The van der Waals surface area contributed by atoms with E-state index in [1.807, 2.05) is 0 Å². The molecule has 0 fully saturated rings. The van der Waals surface area contributed by atoms with Crippen molar-refractivity contribution in [2.75, 3.05) is 24.5 Å². The van der Waals surface area contributed by atoms with E-state index in [4.69, 9.17) is 5.73 Å². The van der Waals surface area contributed by atoms with E-state index in [1.54, 1.807) is 0 Å². The summed E-state index contributed by atoms with van der Waals surface area (Å²) >= 11 is 3.64. The molecule has 17 heavy (non-hydrogen) atoms. The second-order valence-electron chi connectivity index (χ2n) is 4.30. The standard InChI is InChI=1S/C14H23BrN2/c1-3-9-17(10-4-2)13-6-5-12(7-8-16)14(15)11-13/h5-6,11H,3-4,7-10,16H2,1-2H3. The first kappa shape index (κ1) is 14.5. The van der Waals surface area contributed by atoms with Gasteiger partial charge in [0.1, 0.15) is 0 Å². The highest BCUT2D eigenvalue weighted by Crippen LogP contribution is 2.24. The minimum absolute atomic E-state index is 0.700. The molecule has 3 heteroatoms. The van der Waals surface area contributed by atoms with Gasteiger partial charge in [-0.15, -0.1) is 0 Å². The Kier molecular flexibility index (Phi) is 6.60. The van der Waals surface area contributed by atoms with Crippen LogP contribution in [0, 0.1) is 0 Å². The zero-order valence-electron chi connectivity index (χ0n) is 10.9. The SMILES string of the molecule is CCCN(CCC)c1ccc(CCN)c(Br)c1. The van der Waals surface area contributed by atoms with Gasteiger partial charge in [-0.25, -0.2) is 0 Å². The van der Waals surface area contributed by atoms with Gasteiger partial charge in [0.25, 0.3) is 0 Å². The summed E-state index contributed by atoms with van der Waals surface area (Å²) in [6.07, 6.45) is 3.30. The Morgan fingerprint density at radius 3 is 2.29 bits per heavy atom. The number of rotatable bonds is 7.